The van der Waals surface area contributed by atoms with Gasteiger partial charge in [0, 0.05) is 6.54 Å². The number of aryl methyl sites for hydroxylation is 2. The number of rotatable bonds is 5. The van der Waals surface area contributed by atoms with Crippen LogP contribution >= 0.6 is 0 Å². The lowest BCUT2D eigenvalue weighted by molar-refractivity contribution is 0.948. The number of hydrogen-bond donors (Lipinski definition) is 1. The van der Waals surface area contributed by atoms with Crippen LogP contribution in [0.2, 0.25) is 0 Å². The number of nitrogens with one attached hydrogen (secondary N) is 1. The summed E-state index contributed by atoms with van der Waals surface area (Å²) in [6, 6.07) is 25.6. The second-order valence-corrected chi connectivity index (χ2v) is 6.09. The molecule has 0 aliphatic heterocycles. The molecule has 0 aliphatic carbocycles. The van der Waals surface area contributed by atoms with Gasteiger partial charge < -0.3 is 0 Å². The third kappa shape index (κ3) is 3.60. The van der Waals surface area contributed by atoms with Gasteiger partial charge in [0.15, 0.2) is 0 Å². The number of para-hydroxylation sites is 1. The first-order valence-corrected chi connectivity index (χ1v) is 8.44. The molecule has 0 heterocycles. The van der Waals surface area contributed by atoms with Gasteiger partial charge in [-0.25, -0.2) is 0 Å². The number of benzene rings is 3. The monoisotopic (exact) mass is 316 g/mol. The highest BCUT2D eigenvalue weighted by Gasteiger charge is 2.05. The van der Waals surface area contributed by atoms with Crippen LogP contribution in [0, 0.1) is 13.8 Å². The standard InChI is InChI=1S/C22H24N2/c1-4-24(21-8-6-5-7-9-21)23-20-13-11-19(12-14-20)22-15-10-17(2)16-18(22)3/h5-16,23H,4H2,1-3H3. The molecule has 0 fully saturated rings. The first-order valence-electron chi connectivity index (χ1n) is 8.44. The Morgan fingerprint density at radius 2 is 1.54 bits per heavy atom. The maximum Gasteiger partial charge on any atom is 0.0571 e. The van der Waals surface area contributed by atoms with Crippen molar-refractivity contribution in [3.8, 4) is 11.1 Å². The predicted octanol–water partition coefficient (Wildman–Crippen LogP) is 5.82. The van der Waals surface area contributed by atoms with Gasteiger partial charge in [0.2, 0.25) is 0 Å². The Kier molecular flexibility index (Phi) is 4.85. The molecular formula is C22H24N2. The number of nitrogens with zero attached hydrogens (tertiary/aromatic N) is 1. The predicted molar refractivity (Wildman–Crippen MR) is 104 cm³/mol. The Morgan fingerprint density at radius 3 is 2.17 bits per heavy atom. The van der Waals surface area contributed by atoms with Gasteiger partial charge >= 0.3 is 0 Å². The molecule has 0 amide bonds. The van der Waals surface area contributed by atoms with Crippen LogP contribution in [0.3, 0.4) is 0 Å². The van der Waals surface area contributed by atoms with Crippen LogP contribution in [0.25, 0.3) is 11.1 Å². The lowest BCUT2D eigenvalue weighted by atomic mass is 9.99. The Hall–Kier alpha value is -2.74. The van der Waals surface area contributed by atoms with Gasteiger partial charge in [0.05, 0.1) is 11.4 Å². The molecule has 2 heteroatoms. The lowest BCUT2D eigenvalue weighted by Crippen LogP contribution is -2.29. The summed E-state index contributed by atoms with van der Waals surface area (Å²) in [5.41, 5.74) is 10.9. The normalized spacial score (nSPS) is 10.5. The highest BCUT2D eigenvalue weighted by Crippen LogP contribution is 2.26. The van der Waals surface area contributed by atoms with Gasteiger partial charge in [0.25, 0.3) is 0 Å². The topological polar surface area (TPSA) is 15.3 Å². The van der Waals surface area contributed by atoms with Gasteiger partial charge in [-0.1, -0.05) is 54.1 Å². The van der Waals surface area contributed by atoms with Crippen molar-refractivity contribution in [2.75, 3.05) is 17.0 Å². The highest BCUT2D eigenvalue weighted by molar-refractivity contribution is 5.70. The average Bonchev–Trinajstić information content (AvgIpc) is 2.61. The molecule has 0 radical (unpaired) electrons. The Labute approximate surface area is 144 Å². The van der Waals surface area contributed by atoms with Crippen molar-refractivity contribution in [3.63, 3.8) is 0 Å². The van der Waals surface area contributed by atoms with Crippen molar-refractivity contribution in [3.05, 3.63) is 83.9 Å². The molecule has 0 atom stereocenters. The molecule has 0 bridgehead atoms. The molecule has 0 saturated heterocycles. The smallest absolute Gasteiger partial charge is 0.0571 e. The summed E-state index contributed by atoms with van der Waals surface area (Å²) in [6.45, 7) is 7.34. The molecule has 122 valence electrons. The molecule has 0 aliphatic rings. The van der Waals surface area contributed by atoms with E-state index in [0.29, 0.717) is 0 Å². The van der Waals surface area contributed by atoms with Gasteiger partial charge in [-0.2, -0.15) is 0 Å². The van der Waals surface area contributed by atoms with E-state index in [1.165, 1.54) is 27.9 Å². The molecule has 1 N–H and O–H groups in total. The summed E-state index contributed by atoms with van der Waals surface area (Å²) in [5.74, 6) is 0. The SMILES string of the molecule is CCN(Nc1ccc(-c2ccc(C)cc2C)cc1)c1ccccc1. The Bertz CT molecular complexity index is 792. The Balaban J connectivity index is 1.79. The zero-order chi connectivity index (χ0) is 16.9. The number of anilines is 2. The van der Waals surface area contributed by atoms with E-state index in [1.54, 1.807) is 0 Å². The molecular weight excluding hydrogens is 292 g/mol. The van der Waals surface area contributed by atoms with Crippen LogP contribution in [0.4, 0.5) is 11.4 Å². The second kappa shape index (κ2) is 7.22. The van der Waals surface area contributed by atoms with Gasteiger partial charge in [0.1, 0.15) is 0 Å². The minimum absolute atomic E-state index is 0.892. The fourth-order valence-electron chi connectivity index (χ4n) is 2.95. The van der Waals surface area contributed by atoms with E-state index in [-0.39, 0.29) is 0 Å². The van der Waals surface area contributed by atoms with Crippen molar-refractivity contribution < 1.29 is 0 Å². The van der Waals surface area contributed by atoms with Crippen LogP contribution in [0.15, 0.2) is 72.8 Å². The third-order valence-corrected chi connectivity index (χ3v) is 4.23. The maximum absolute atomic E-state index is 3.48. The first kappa shape index (κ1) is 16.1. The van der Waals surface area contributed by atoms with Gasteiger partial charge in [-0.3, -0.25) is 10.4 Å². The molecule has 2 nitrogen and oxygen atoms in total. The van der Waals surface area contributed by atoms with Crippen LogP contribution in [-0.4, -0.2) is 6.54 Å². The van der Waals surface area contributed by atoms with E-state index in [1.807, 2.05) is 6.07 Å². The molecule has 0 aromatic heterocycles. The molecule has 3 aromatic rings. The Morgan fingerprint density at radius 1 is 0.833 bits per heavy atom. The molecule has 3 rings (SSSR count). The van der Waals surface area contributed by atoms with E-state index in [9.17, 15) is 0 Å². The summed E-state index contributed by atoms with van der Waals surface area (Å²) < 4.78 is 0. The van der Waals surface area contributed by atoms with Gasteiger partial charge in [-0.05, 0) is 61.7 Å². The third-order valence-electron chi connectivity index (χ3n) is 4.23. The minimum atomic E-state index is 0.892. The van der Waals surface area contributed by atoms with Crippen LogP contribution in [0.5, 0.6) is 0 Å². The zero-order valence-corrected chi connectivity index (χ0v) is 14.6. The van der Waals surface area contributed by atoms with E-state index in [4.69, 9.17) is 0 Å². The molecule has 3 aromatic carbocycles. The molecule has 0 spiro atoms. The van der Waals surface area contributed by atoms with Crippen LogP contribution < -0.4 is 10.4 Å². The highest BCUT2D eigenvalue weighted by atomic mass is 15.5. The second-order valence-electron chi connectivity index (χ2n) is 6.09. The fourth-order valence-corrected chi connectivity index (χ4v) is 2.95. The first-order chi connectivity index (χ1) is 11.7. The van der Waals surface area contributed by atoms with E-state index < -0.39 is 0 Å². The lowest BCUT2D eigenvalue weighted by Gasteiger charge is -2.25. The number of hydrazine groups is 1. The van der Waals surface area contributed by atoms with Crippen molar-refractivity contribution in [2.45, 2.75) is 20.8 Å². The maximum atomic E-state index is 3.48. The van der Waals surface area contributed by atoms with Crippen LogP contribution in [0.1, 0.15) is 18.1 Å². The average molecular weight is 316 g/mol. The minimum Gasteiger partial charge on any atom is -0.298 e. The molecule has 24 heavy (non-hydrogen) atoms. The number of hydrogen-bond acceptors (Lipinski definition) is 2. The van der Waals surface area contributed by atoms with E-state index in [0.717, 1.165) is 12.2 Å². The van der Waals surface area contributed by atoms with Crippen molar-refractivity contribution >= 4 is 11.4 Å². The van der Waals surface area contributed by atoms with Crippen molar-refractivity contribution in [1.29, 1.82) is 0 Å². The summed E-state index contributed by atoms with van der Waals surface area (Å²) in [5, 5.41) is 2.14. The summed E-state index contributed by atoms with van der Waals surface area (Å²) in [4.78, 5) is 0. The largest absolute Gasteiger partial charge is 0.298 e. The van der Waals surface area contributed by atoms with Gasteiger partial charge in [-0.15, -0.1) is 0 Å². The molecule has 0 unspecified atom stereocenters. The zero-order valence-electron chi connectivity index (χ0n) is 14.6. The summed E-state index contributed by atoms with van der Waals surface area (Å²) >= 11 is 0. The fraction of sp³-hybridized carbons (Fsp3) is 0.182. The van der Waals surface area contributed by atoms with E-state index in [2.05, 4.69) is 97.9 Å². The van der Waals surface area contributed by atoms with Crippen LogP contribution in [-0.2, 0) is 0 Å². The van der Waals surface area contributed by atoms with Crippen molar-refractivity contribution in [1.82, 2.24) is 0 Å². The quantitative estimate of drug-likeness (QED) is 0.596. The summed E-state index contributed by atoms with van der Waals surface area (Å²) in [7, 11) is 0. The molecule has 0 saturated carbocycles. The summed E-state index contributed by atoms with van der Waals surface area (Å²) in [6.07, 6.45) is 0. The van der Waals surface area contributed by atoms with E-state index >= 15 is 0 Å². The van der Waals surface area contributed by atoms with Crippen molar-refractivity contribution in [2.24, 2.45) is 0 Å².